The van der Waals surface area contributed by atoms with Gasteiger partial charge in [-0.2, -0.15) is 9.61 Å². The molecule has 0 saturated heterocycles. The van der Waals surface area contributed by atoms with Gasteiger partial charge in [-0.05, 0) is 31.2 Å². The van der Waals surface area contributed by atoms with Gasteiger partial charge in [0, 0.05) is 27.4 Å². The van der Waals surface area contributed by atoms with Crippen LogP contribution in [0.2, 0.25) is 5.02 Å². The summed E-state index contributed by atoms with van der Waals surface area (Å²) in [7, 11) is 0. The van der Waals surface area contributed by atoms with Crippen molar-refractivity contribution in [2.24, 2.45) is 0 Å². The summed E-state index contributed by atoms with van der Waals surface area (Å²) in [5.41, 5.74) is 0.395. The highest BCUT2D eigenvalue weighted by molar-refractivity contribution is 7.99. The number of rotatable bonds is 6. The lowest BCUT2D eigenvalue weighted by atomic mass is 10.4. The molecule has 0 saturated carbocycles. The van der Waals surface area contributed by atoms with Gasteiger partial charge in [-0.25, -0.2) is 4.98 Å². The summed E-state index contributed by atoms with van der Waals surface area (Å²) in [5, 5.41) is 5.35. The molecule has 0 amide bonds. The van der Waals surface area contributed by atoms with Crippen molar-refractivity contribution >= 4 is 45.6 Å². The highest BCUT2D eigenvalue weighted by Gasteiger charge is 2.10. The number of esters is 1. The Hall–Kier alpha value is -1.90. The van der Waals surface area contributed by atoms with Crippen LogP contribution in [-0.2, 0) is 16.1 Å². The second-order valence-electron chi connectivity index (χ2n) is 5.14. The molecule has 130 valence electrons. The van der Waals surface area contributed by atoms with Crippen molar-refractivity contribution in [2.45, 2.75) is 24.8 Å². The molecule has 6 nitrogen and oxygen atoms in total. The van der Waals surface area contributed by atoms with Gasteiger partial charge in [0.05, 0.1) is 6.42 Å². The monoisotopic (exact) mass is 395 g/mol. The quantitative estimate of drug-likeness (QED) is 0.470. The fourth-order valence-corrected chi connectivity index (χ4v) is 3.83. The third kappa shape index (κ3) is 4.81. The van der Waals surface area contributed by atoms with E-state index in [-0.39, 0.29) is 24.6 Å². The predicted molar refractivity (Wildman–Crippen MR) is 98.5 cm³/mol. The molecule has 2 aromatic heterocycles. The summed E-state index contributed by atoms with van der Waals surface area (Å²) < 4.78 is 6.44. The number of hydrogen-bond donors (Lipinski definition) is 0. The lowest BCUT2D eigenvalue weighted by molar-refractivity contribution is -0.144. The highest BCUT2D eigenvalue weighted by atomic mass is 35.5. The van der Waals surface area contributed by atoms with Gasteiger partial charge in [0.25, 0.3) is 5.56 Å². The SMILES string of the molecule is Cc1cc(=O)n2nc(COC(=O)CCSc3ccc(Cl)cc3)sc2n1. The Morgan fingerprint density at radius 2 is 2.12 bits per heavy atom. The van der Waals surface area contributed by atoms with Crippen molar-refractivity contribution in [3.05, 3.63) is 56.4 Å². The van der Waals surface area contributed by atoms with Gasteiger partial charge >= 0.3 is 5.97 Å². The Balaban J connectivity index is 1.49. The number of aryl methyl sites for hydroxylation is 1. The van der Waals surface area contributed by atoms with E-state index in [0.717, 1.165) is 4.90 Å². The van der Waals surface area contributed by atoms with Crippen LogP contribution < -0.4 is 5.56 Å². The number of aromatic nitrogens is 3. The number of halogens is 1. The van der Waals surface area contributed by atoms with Crippen LogP contribution in [-0.4, -0.2) is 26.3 Å². The average molecular weight is 396 g/mol. The maximum atomic E-state index is 11.8. The molecule has 25 heavy (non-hydrogen) atoms. The molecule has 0 spiro atoms. The number of carbonyl (C=O) groups excluding carboxylic acids is 1. The first-order chi connectivity index (χ1) is 12.0. The van der Waals surface area contributed by atoms with Gasteiger partial charge < -0.3 is 4.74 Å². The standard InChI is InChI=1S/C16H14ClN3O3S2/c1-10-8-14(21)20-16(18-10)25-13(19-20)9-23-15(22)6-7-24-12-4-2-11(17)3-5-12/h2-5,8H,6-7,9H2,1H3. The second kappa shape index (κ2) is 7.99. The number of thioether (sulfide) groups is 1. The normalized spacial score (nSPS) is 11.0. The van der Waals surface area contributed by atoms with Crippen LogP contribution >= 0.6 is 34.7 Å². The zero-order chi connectivity index (χ0) is 17.8. The molecule has 0 unspecified atom stereocenters. The molecule has 0 aliphatic heterocycles. The minimum absolute atomic E-state index is 0.0387. The number of ether oxygens (including phenoxy) is 1. The number of nitrogens with zero attached hydrogens (tertiary/aromatic N) is 3. The van der Waals surface area contributed by atoms with Crippen molar-refractivity contribution < 1.29 is 9.53 Å². The van der Waals surface area contributed by atoms with E-state index >= 15 is 0 Å². The molecule has 0 radical (unpaired) electrons. The Morgan fingerprint density at radius 3 is 2.88 bits per heavy atom. The van der Waals surface area contributed by atoms with E-state index in [4.69, 9.17) is 16.3 Å². The third-order valence-corrected chi connectivity index (χ3v) is 5.31. The summed E-state index contributed by atoms with van der Waals surface area (Å²) in [4.78, 5) is 29.4. The van der Waals surface area contributed by atoms with Gasteiger partial charge in [0.2, 0.25) is 4.96 Å². The molecule has 9 heteroatoms. The third-order valence-electron chi connectivity index (χ3n) is 3.16. The van der Waals surface area contributed by atoms with Gasteiger partial charge in [-0.3, -0.25) is 9.59 Å². The fourth-order valence-electron chi connectivity index (χ4n) is 2.02. The average Bonchev–Trinajstić information content (AvgIpc) is 2.98. The van der Waals surface area contributed by atoms with Crippen LogP contribution in [0.3, 0.4) is 0 Å². The van der Waals surface area contributed by atoms with E-state index in [0.29, 0.717) is 26.4 Å². The van der Waals surface area contributed by atoms with Crippen LogP contribution in [0.1, 0.15) is 17.1 Å². The molecule has 1 aromatic carbocycles. The second-order valence-corrected chi connectivity index (χ2v) is 7.78. The summed E-state index contributed by atoms with van der Waals surface area (Å²) >= 11 is 8.62. The molecule has 2 heterocycles. The summed E-state index contributed by atoms with van der Waals surface area (Å²) in [6, 6.07) is 8.86. The molecule has 0 aliphatic rings. The molecule has 0 N–H and O–H groups in total. The first kappa shape index (κ1) is 17.9. The topological polar surface area (TPSA) is 73.6 Å². The van der Waals surface area contributed by atoms with Crippen LogP contribution in [0.4, 0.5) is 0 Å². The predicted octanol–water partition coefficient (Wildman–Crippen LogP) is 3.34. The maximum Gasteiger partial charge on any atom is 0.307 e. The van der Waals surface area contributed by atoms with Gasteiger partial charge in [0.1, 0.15) is 6.61 Å². The first-order valence-corrected chi connectivity index (χ1v) is 9.59. The van der Waals surface area contributed by atoms with E-state index in [1.54, 1.807) is 18.7 Å². The minimum atomic E-state index is -0.308. The van der Waals surface area contributed by atoms with Crippen LogP contribution in [0, 0.1) is 6.92 Å². The van der Waals surface area contributed by atoms with Crippen LogP contribution in [0.25, 0.3) is 4.96 Å². The van der Waals surface area contributed by atoms with Crippen molar-refractivity contribution in [1.82, 2.24) is 14.6 Å². The fraction of sp³-hybridized carbons (Fsp3) is 0.250. The number of benzene rings is 1. The molecule has 0 fully saturated rings. The molecular weight excluding hydrogens is 382 g/mol. The molecule has 3 rings (SSSR count). The van der Waals surface area contributed by atoms with E-state index < -0.39 is 0 Å². The summed E-state index contributed by atoms with van der Waals surface area (Å²) in [6.07, 6.45) is 0.287. The number of fused-ring (bicyclic) bond motifs is 1. The molecular formula is C16H14ClN3O3S2. The lowest BCUT2D eigenvalue weighted by Gasteiger charge is -2.03. The van der Waals surface area contributed by atoms with Crippen LogP contribution in [0.5, 0.6) is 0 Å². The van der Waals surface area contributed by atoms with E-state index in [1.165, 1.54) is 21.9 Å². The van der Waals surface area contributed by atoms with Crippen LogP contribution in [0.15, 0.2) is 40.0 Å². The van der Waals surface area contributed by atoms with Gasteiger partial charge in [-0.15, -0.1) is 11.8 Å². The molecule has 0 atom stereocenters. The van der Waals surface area contributed by atoms with Crippen molar-refractivity contribution in [3.8, 4) is 0 Å². The Kier molecular flexibility index (Phi) is 5.72. The first-order valence-electron chi connectivity index (χ1n) is 7.41. The zero-order valence-corrected chi connectivity index (χ0v) is 15.7. The molecule has 0 aliphatic carbocycles. The molecule has 3 aromatic rings. The van der Waals surface area contributed by atoms with E-state index in [1.807, 2.05) is 24.3 Å². The van der Waals surface area contributed by atoms with Crippen molar-refractivity contribution in [1.29, 1.82) is 0 Å². The highest BCUT2D eigenvalue weighted by Crippen LogP contribution is 2.21. The maximum absolute atomic E-state index is 11.8. The van der Waals surface area contributed by atoms with Crippen molar-refractivity contribution in [2.75, 3.05) is 5.75 Å². The zero-order valence-electron chi connectivity index (χ0n) is 13.3. The largest absolute Gasteiger partial charge is 0.458 e. The van der Waals surface area contributed by atoms with Gasteiger partial charge in [0.15, 0.2) is 5.01 Å². The van der Waals surface area contributed by atoms with Crippen molar-refractivity contribution in [3.63, 3.8) is 0 Å². The smallest absolute Gasteiger partial charge is 0.307 e. The lowest BCUT2D eigenvalue weighted by Crippen LogP contribution is -2.14. The molecule has 0 bridgehead atoms. The summed E-state index contributed by atoms with van der Waals surface area (Å²) in [5.74, 6) is 0.303. The Morgan fingerprint density at radius 1 is 1.36 bits per heavy atom. The number of carbonyl (C=O) groups is 1. The summed E-state index contributed by atoms with van der Waals surface area (Å²) in [6.45, 7) is 1.79. The Bertz CT molecular complexity index is 953. The Labute approximate surface area is 156 Å². The minimum Gasteiger partial charge on any atom is -0.458 e. The van der Waals surface area contributed by atoms with Gasteiger partial charge in [-0.1, -0.05) is 22.9 Å². The van der Waals surface area contributed by atoms with E-state index in [2.05, 4.69) is 10.1 Å². The van der Waals surface area contributed by atoms with E-state index in [9.17, 15) is 9.59 Å². The number of hydrogen-bond acceptors (Lipinski definition) is 7.